The molecular formula is C41H63N11O8. The number of amides is 6. The first-order valence-corrected chi connectivity index (χ1v) is 20.8. The Kier molecular flexibility index (Phi) is 17.3. The van der Waals surface area contributed by atoms with E-state index in [1.54, 1.807) is 6.20 Å². The topological polar surface area (TPSA) is 301 Å². The van der Waals surface area contributed by atoms with Crippen molar-refractivity contribution in [2.45, 2.75) is 122 Å². The molecule has 6 amide bonds. The lowest BCUT2D eigenvalue weighted by Crippen LogP contribution is -2.59. The number of aliphatic imine (C=N–C) groups is 1. The molecule has 2 aliphatic heterocycles. The molecule has 2 saturated heterocycles. The molecule has 3 heterocycles. The van der Waals surface area contributed by atoms with Crippen molar-refractivity contribution >= 4 is 58.3 Å². The van der Waals surface area contributed by atoms with Gasteiger partial charge in [0, 0.05) is 43.2 Å². The number of nitrogens with one attached hydrogen (secondary N) is 5. The number of fused-ring (bicyclic) bond motifs is 1. The van der Waals surface area contributed by atoms with E-state index in [2.05, 4.69) is 31.2 Å². The third kappa shape index (κ3) is 12.9. The standard InChI is InChI=1S/C41H63N11O8/c1-23(2)18-29(35(54)47-28(40(59)60)12-7-15-45-41(43)44)49-38(57)33-14-9-17-52(33)39(58)31(20-25-22-46-27-11-6-5-10-26(25)27)50-36(55)30(19-24(3)4)48-37(56)32-13-8-16-51(32)34(53)21-42/h5-6,10-11,22-24,28-33,46H,7-9,12-21,42H2,1-4H3,(H,47,54)(H,48,56)(H,49,57)(H,50,55)(H,59,60)(H4,43,44,45)/t28-,29-,30-,31-,32-,33-/m0/s1. The Bertz CT molecular complexity index is 1880. The van der Waals surface area contributed by atoms with Crippen LogP contribution in [0.15, 0.2) is 35.5 Å². The summed E-state index contributed by atoms with van der Waals surface area (Å²) in [6.07, 6.45) is 4.39. The van der Waals surface area contributed by atoms with Gasteiger partial charge in [-0.05, 0) is 74.8 Å². The van der Waals surface area contributed by atoms with Crippen LogP contribution >= 0.6 is 0 Å². The minimum Gasteiger partial charge on any atom is -0.480 e. The zero-order valence-electron chi connectivity index (χ0n) is 35.1. The molecule has 0 radical (unpaired) electrons. The average Bonchev–Trinajstić information content (AvgIpc) is 3.98. The van der Waals surface area contributed by atoms with Crippen LogP contribution in [0.4, 0.5) is 0 Å². The van der Waals surface area contributed by atoms with Crippen molar-refractivity contribution in [1.29, 1.82) is 0 Å². The number of hydrogen-bond acceptors (Lipinski definition) is 9. The van der Waals surface area contributed by atoms with Crippen LogP contribution in [0.3, 0.4) is 0 Å². The molecule has 4 rings (SSSR count). The summed E-state index contributed by atoms with van der Waals surface area (Å²) < 4.78 is 0. The molecule has 0 unspecified atom stereocenters. The molecule has 2 aliphatic rings. The fraction of sp³-hybridized carbons (Fsp3) is 0.610. The van der Waals surface area contributed by atoms with Crippen LogP contribution in [0.5, 0.6) is 0 Å². The van der Waals surface area contributed by atoms with E-state index in [1.807, 2.05) is 52.0 Å². The summed E-state index contributed by atoms with van der Waals surface area (Å²) in [6.45, 7) is 8.03. The predicted molar refractivity (Wildman–Crippen MR) is 225 cm³/mol. The number of H-pyrrole nitrogens is 1. The van der Waals surface area contributed by atoms with Crippen molar-refractivity contribution in [2.75, 3.05) is 26.2 Å². The molecule has 2 aromatic rings. The number of aromatic amines is 1. The zero-order valence-corrected chi connectivity index (χ0v) is 35.1. The normalized spacial score (nSPS) is 18.4. The Morgan fingerprint density at radius 3 is 1.90 bits per heavy atom. The predicted octanol–water partition coefficient (Wildman–Crippen LogP) is -0.179. The van der Waals surface area contributed by atoms with Gasteiger partial charge in [0.05, 0.1) is 6.54 Å². The quantitative estimate of drug-likeness (QED) is 0.0452. The number of nitrogens with two attached hydrogens (primary N) is 3. The number of aromatic nitrogens is 1. The number of guanidine groups is 1. The third-order valence-electron chi connectivity index (χ3n) is 10.8. The summed E-state index contributed by atoms with van der Waals surface area (Å²) >= 11 is 0. The molecule has 1 aromatic carbocycles. The van der Waals surface area contributed by atoms with Crippen molar-refractivity contribution in [3.8, 4) is 0 Å². The van der Waals surface area contributed by atoms with Gasteiger partial charge in [-0.2, -0.15) is 0 Å². The minimum atomic E-state index is -1.26. The molecule has 330 valence electrons. The SMILES string of the molecule is CC(C)C[C@H](NC(=O)[C@@H]1CCCN1C(=O)CN)C(=O)N[C@@H](Cc1c[nH]c2ccccc12)C(=O)N1CCC[C@H]1C(=O)N[C@@H](CC(C)C)C(=O)N[C@@H](CCCN=C(N)N)C(=O)O. The molecule has 0 aliphatic carbocycles. The summed E-state index contributed by atoms with van der Waals surface area (Å²) in [7, 11) is 0. The fourth-order valence-corrected chi connectivity index (χ4v) is 7.93. The van der Waals surface area contributed by atoms with E-state index in [0.29, 0.717) is 25.8 Å². The fourth-order valence-electron chi connectivity index (χ4n) is 7.93. The van der Waals surface area contributed by atoms with E-state index in [-0.39, 0.29) is 81.9 Å². The second kappa shape index (κ2) is 22.0. The first kappa shape index (κ1) is 47.0. The smallest absolute Gasteiger partial charge is 0.326 e. The summed E-state index contributed by atoms with van der Waals surface area (Å²) in [5, 5.41) is 21.7. The Morgan fingerprint density at radius 2 is 1.35 bits per heavy atom. The van der Waals surface area contributed by atoms with Crippen LogP contribution in [0, 0.1) is 11.8 Å². The summed E-state index contributed by atoms with van der Waals surface area (Å²) in [5.74, 6) is -4.71. The summed E-state index contributed by atoms with van der Waals surface area (Å²) in [4.78, 5) is 104. The van der Waals surface area contributed by atoms with Gasteiger partial charge in [-0.1, -0.05) is 45.9 Å². The Labute approximate surface area is 350 Å². The third-order valence-corrected chi connectivity index (χ3v) is 10.8. The van der Waals surface area contributed by atoms with E-state index in [0.717, 1.165) is 16.5 Å². The van der Waals surface area contributed by atoms with E-state index >= 15 is 0 Å². The molecule has 1 aromatic heterocycles. The highest BCUT2D eigenvalue weighted by Crippen LogP contribution is 2.24. The summed E-state index contributed by atoms with van der Waals surface area (Å²) in [6, 6.07) is 1.19. The van der Waals surface area contributed by atoms with Crippen molar-refractivity contribution in [3.63, 3.8) is 0 Å². The van der Waals surface area contributed by atoms with Gasteiger partial charge in [0.2, 0.25) is 35.4 Å². The van der Waals surface area contributed by atoms with Gasteiger partial charge in [0.25, 0.3) is 0 Å². The van der Waals surface area contributed by atoms with Gasteiger partial charge in [-0.25, -0.2) is 4.79 Å². The largest absolute Gasteiger partial charge is 0.480 e. The molecule has 60 heavy (non-hydrogen) atoms. The number of carboxylic acids is 1. The number of carboxylic acid groups (broad SMARTS) is 1. The number of para-hydroxylation sites is 1. The monoisotopic (exact) mass is 837 g/mol. The second-order valence-electron chi connectivity index (χ2n) is 16.5. The number of carbonyl (C=O) groups excluding carboxylic acids is 6. The summed E-state index contributed by atoms with van der Waals surface area (Å²) in [5.41, 5.74) is 17.9. The lowest BCUT2D eigenvalue weighted by Gasteiger charge is -2.31. The molecule has 19 nitrogen and oxygen atoms in total. The van der Waals surface area contributed by atoms with E-state index in [9.17, 15) is 38.7 Å². The first-order chi connectivity index (χ1) is 28.5. The van der Waals surface area contributed by atoms with Crippen LogP contribution in [0.1, 0.15) is 84.6 Å². The first-order valence-electron chi connectivity index (χ1n) is 20.8. The van der Waals surface area contributed by atoms with E-state index in [1.165, 1.54) is 9.80 Å². The Hall–Kier alpha value is -5.72. The molecular weight excluding hydrogens is 775 g/mol. The number of benzene rings is 1. The van der Waals surface area contributed by atoms with E-state index in [4.69, 9.17) is 17.2 Å². The van der Waals surface area contributed by atoms with Gasteiger partial charge in [0.15, 0.2) is 5.96 Å². The van der Waals surface area contributed by atoms with Crippen molar-refractivity contribution in [2.24, 2.45) is 34.0 Å². The van der Waals surface area contributed by atoms with Crippen LogP contribution in [-0.2, 0) is 40.0 Å². The Balaban J connectivity index is 1.56. The molecule has 6 atom stereocenters. The maximum absolute atomic E-state index is 14.7. The maximum Gasteiger partial charge on any atom is 0.326 e. The number of carbonyl (C=O) groups is 7. The lowest BCUT2D eigenvalue weighted by molar-refractivity contribution is -0.144. The highest BCUT2D eigenvalue weighted by molar-refractivity contribution is 5.98. The van der Waals surface area contributed by atoms with Crippen LogP contribution in [0.2, 0.25) is 0 Å². The molecule has 0 bridgehead atoms. The van der Waals surface area contributed by atoms with E-state index < -0.39 is 71.8 Å². The molecule has 0 spiro atoms. The van der Waals surface area contributed by atoms with Crippen LogP contribution in [-0.4, -0.2) is 130 Å². The molecule has 19 heteroatoms. The van der Waals surface area contributed by atoms with Gasteiger partial charge in [-0.3, -0.25) is 33.8 Å². The van der Waals surface area contributed by atoms with Gasteiger partial charge in [0.1, 0.15) is 36.3 Å². The Morgan fingerprint density at radius 1 is 0.800 bits per heavy atom. The second-order valence-corrected chi connectivity index (χ2v) is 16.5. The molecule has 2 fully saturated rings. The lowest BCUT2D eigenvalue weighted by atomic mass is 9.99. The molecule has 0 saturated carbocycles. The van der Waals surface area contributed by atoms with Crippen molar-refractivity contribution in [3.05, 3.63) is 36.0 Å². The minimum absolute atomic E-state index is 0.0349. The maximum atomic E-state index is 14.7. The van der Waals surface area contributed by atoms with Gasteiger partial charge in [-0.15, -0.1) is 0 Å². The van der Waals surface area contributed by atoms with Crippen molar-refractivity contribution < 1.29 is 38.7 Å². The number of hydrogen-bond donors (Lipinski definition) is 9. The number of rotatable bonds is 21. The molecule has 12 N–H and O–H groups in total. The number of aliphatic carboxylic acids is 1. The number of nitrogens with zero attached hydrogens (tertiary/aromatic N) is 3. The van der Waals surface area contributed by atoms with Crippen LogP contribution in [0.25, 0.3) is 10.9 Å². The highest BCUT2D eigenvalue weighted by Gasteiger charge is 2.41. The van der Waals surface area contributed by atoms with Crippen molar-refractivity contribution in [1.82, 2.24) is 36.1 Å². The van der Waals surface area contributed by atoms with Gasteiger partial charge >= 0.3 is 5.97 Å². The average molecular weight is 838 g/mol. The van der Waals surface area contributed by atoms with Crippen LogP contribution < -0.4 is 38.5 Å². The zero-order chi connectivity index (χ0) is 44.1. The van der Waals surface area contributed by atoms with Gasteiger partial charge < -0.3 is 58.4 Å². The number of likely N-dealkylation sites (tertiary alicyclic amines) is 2. The highest BCUT2D eigenvalue weighted by atomic mass is 16.4.